The van der Waals surface area contributed by atoms with Crippen LogP contribution in [0.1, 0.15) is 55.1 Å². The second kappa shape index (κ2) is 12.8. The molecule has 2 aromatic carbocycles. The van der Waals surface area contributed by atoms with Crippen LogP contribution in [0.4, 0.5) is 0 Å². The molecule has 1 saturated carbocycles. The summed E-state index contributed by atoms with van der Waals surface area (Å²) < 4.78 is 13.4. The van der Waals surface area contributed by atoms with Crippen molar-refractivity contribution >= 4 is 5.91 Å². The first-order valence-electron chi connectivity index (χ1n) is 14.1. The van der Waals surface area contributed by atoms with E-state index in [1.165, 1.54) is 0 Å². The van der Waals surface area contributed by atoms with Gasteiger partial charge in [-0.15, -0.1) is 0 Å². The Morgan fingerprint density at radius 3 is 2.67 bits per heavy atom. The molecule has 8 heteroatoms. The second-order valence-corrected chi connectivity index (χ2v) is 10.7. The first-order valence-corrected chi connectivity index (χ1v) is 14.1. The van der Waals surface area contributed by atoms with Crippen molar-refractivity contribution < 1.29 is 19.4 Å². The zero-order chi connectivity index (χ0) is 27.1. The van der Waals surface area contributed by atoms with Crippen LogP contribution >= 0.6 is 0 Å². The van der Waals surface area contributed by atoms with E-state index in [9.17, 15) is 9.90 Å². The summed E-state index contributed by atoms with van der Waals surface area (Å²) in [5.74, 6) is 0.801. The molecule has 8 nitrogen and oxygen atoms in total. The summed E-state index contributed by atoms with van der Waals surface area (Å²) in [6, 6.07) is 19.6. The van der Waals surface area contributed by atoms with E-state index in [-0.39, 0.29) is 24.6 Å². The highest BCUT2D eigenvalue weighted by Crippen LogP contribution is 2.41. The van der Waals surface area contributed by atoms with Gasteiger partial charge in [0.05, 0.1) is 31.3 Å². The third kappa shape index (κ3) is 6.19. The molecule has 2 fully saturated rings. The maximum atomic E-state index is 14.1. The minimum Gasteiger partial charge on any atom is -0.494 e. The van der Waals surface area contributed by atoms with Gasteiger partial charge in [-0.3, -0.25) is 4.79 Å². The summed E-state index contributed by atoms with van der Waals surface area (Å²) in [5.41, 5.74) is 1.13. The standard InChI is InChI=1S/C31H40N4O4/c1-38-22-31(37)17-9-8-16-27(31)35-23-33-28(29(35)24-11-4-2-5-12-24)30(36)34-19-18-32-21-25(34)13-10-20-39-26-14-6-3-7-15-26/h2-7,11-12,14-15,23,25,27,32,37H,8-10,13,16-22H2,1H3/t25-,27-,31-/m1/s1. The number of hydrogen-bond acceptors (Lipinski definition) is 6. The number of carbonyl (C=O) groups is 1. The van der Waals surface area contributed by atoms with Gasteiger partial charge in [0, 0.05) is 38.3 Å². The van der Waals surface area contributed by atoms with E-state index in [0.717, 1.165) is 62.2 Å². The van der Waals surface area contributed by atoms with Gasteiger partial charge in [-0.2, -0.15) is 0 Å². The summed E-state index contributed by atoms with van der Waals surface area (Å²) >= 11 is 0. The maximum absolute atomic E-state index is 14.1. The van der Waals surface area contributed by atoms with E-state index in [4.69, 9.17) is 14.5 Å². The van der Waals surface area contributed by atoms with Crippen LogP contribution in [0.5, 0.6) is 5.75 Å². The lowest BCUT2D eigenvalue weighted by atomic mass is 9.80. The molecular formula is C31H40N4O4. The van der Waals surface area contributed by atoms with Crippen molar-refractivity contribution in [1.29, 1.82) is 0 Å². The smallest absolute Gasteiger partial charge is 0.275 e. The van der Waals surface area contributed by atoms with Crippen molar-refractivity contribution in [2.75, 3.05) is 40.0 Å². The molecule has 0 radical (unpaired) electrons. The summed E-state index contributed by atoms with van der Waals surface area (Å²) in [6.07, 6.45) is 6.86. The number of rotatable bonds is 10. The summed E-state index contributed by atoms with van der Waals surface area (Å²) in [6.45, 7) is 2.97. The molecule has 2 aliphatic rings. The van der Waals surface area contributed by atoms with E-state index in [0.29, 0.717) is 25.3 Å². The number of para-hydroxylation sites is 1. The highest BCUT2D eigenvalue weighted by Gasteiger charge is 2.42. The number of amides is 1. The van der Waals surface area contributed by atoms with Crippen LogP contribution in [0.3, 0.4) is 0 Å². The van der Waals surface area contributed by atoms with E-state index >= 15 is 0 Å². The summed E-state index contributed by atoms with van der Waals surface area (Å²) in [5, 5.41) is 15.1. The fraction of sp³-hybridized carbons (Fsp3) is 0.484. The van der Waals surface area contributed by atoms with Crippen LogP contribution in [0, 0.1) is 0 Å². The zero-order valence-corrected chi connectivity index (χ0v) is 22.8. The highest BCUT2D eigenvalue weighted by molar-refractivity contribution is 5.98. The van der Waals surface area contributed by atoms with Gasteiger partial charge in [-0.25, -0.2) is 4.98 Å². The molecule has 0 unspecified atom stereocenters. The normalized spacial score (nSPS) is 23.5. The molecule has 39 heavy (non-hydrogen) atoms. The number of ether oxygens (including phenoxy) is 2. The molecule has 1 aromatic heterocycles. The fourth-order valence-electron chi connectivity index (χ4n) is 6.10. The minimum absolute atomic E-state index is 0.0551. The average molecular weight is 533 g/mol. The lowest BCUT2D eigenvalue weighted by molar-refractivity contribution is -0.0893. The number of nitrogens with zero attached hydrogens (tertiary/aromatic N) is 3. The SMILES string of the molecule is COC[C@]1(O)CCCC[C@H]1n1cnc(C(=O)N2CCNC[C@H]2CCCOc2ccccc2)c1-c1ccccc1. The molecule has 3 atom stereocenters. The molecule has 1 amide bonds. The quantitative estimate of drug-likeness (QED) is 0.378. The van der Waals surface area contributed by atoms with Crippen molar-refractivity contribution in [3.8, 4) is 17.0 Å². The van der Waals surface area contributed by atoms with Crippen LogP contribution in [0.15, 0.2) is 67.0 Å². The van der Waals surface area contributed by atoms with Gasteiger partial charge in [-0.1, -0.05) is 61.4 Å². The van der Waals surface area contributed by atoms with Crippen molar-refractivity contribution in [3.63, 3.8) is 0 Å². The highest BCUT2D eigenvalue weighted by atomic mass is 16.5. The Balaban J connectivity index is 1.39. The lowest BCUT2D eigenvalue weighted by Crippen LogP contribution is -2.53. The number of piperazine rings is 1. The van der Waals surface area contributed by atoms with E-state index in [2.05, 4.69) is 5.32 Å². The molecule has 3 aromatic rings. The third-order valence-electron chi connectivity index (χ3n) is 8.04. The van der Waals surface area contributed by atoms with Gasteiger partial charge in [0.1, 0.15) is 11.4 Å². The minimum atomic E-state index is -1.01. The van der Waals surface area contributed by atoms with Crippen LogP contribution in [0.25, 0.3) is 11.3 Å². The molecule has 5 rings (SSSR count). The van der Waals surface area contributed by atoms with Gasteiger partial charge in [0.2, 0.25) is 0 Å². The third-order valence-corrected chi connectivity index (χ3v) is 8.04. The van der Waals surface area contributed by atoms with Gasteiger partial charge in [0.15, 0.2) is 5.69 Å². The Hall–Kier alpha value is -3.20. The Kier molecular flexibility index (Phi) is 8.96. The van der Waals surface area contributed by atoms with Crippen LogP contribution in [-0.4, -0.2) is 77.1 Å². The van der Waals surface area contributed by atoms with Gasteiger partial charge < -0.3 is 29.4 Å². The van der Waals surface area contributed by atoms with E-state index in [1.807, 2.05) is 70.1 Å². The van der Waals surface area contributed by atoms with Crippen molar-refractivity contribution in [1.82, 2.24) is 19.8 Å². The van der Waals surface area contributed by atoms with E-state index < -0.39 is 5.60 Å². The Bertz CT molecular complexity index is 1200. The maximum Gasteiger partial charge on any atom is 0.275 e. The number of methoxy groups -OCH3 is 1. The second-order valence-electron chi connectivity index (χ2n) is 10.7. The van der Waals surface area contributed by atoms with Crippen LogP contribution in [0.2, 0.25) is 0 Å². The summed E-state index contributed by atoms with van der Waals surface area (Å²) in [4.78, 5) is 20.8. The monoisotopic (exact) mass is 532 g/mol. The molecular weight excluding hydrogens is 492 g/mol. The fourth-order valence-corrected chi connectivity index (χ4v) is 6.10. The lowest BCUT2D eigenvalue weighted by Gasteiger charge is -2.41. The van der Waals surface area contributed by atoms with Crippen LogP contribution in [-0.2, 0) is 4.74 Å². The van der Waals surface area contributed by atoms with Crippen molar-refractivity contribution in [2.45, 2.75) is 56.2 Å². The van der Waals surface area contributed by atoms with E-state index in [1.54, 1.807) is 13.4 Å². The number of imidazole rings is 1. The number of benzene rings is 2. The molecule has 2 N–H and O–H groups in total. The topological polar surface area (TPSA) is 88.8 Å². The molecule has 208 valence electrons. The first-order chi connectivity index (χ1) is 19.1. The number of aromatic nitrogens is 2. The van der Waals surface area contributed by atoms with Gasteiger partial charge in [0.25, 0.3) is 5.91 Å². The first kappa shape index (κ1) is 27.4. The van der Waals surface area contributed by atoms with Gasteiger partial charge in [-0.05, 0) is 37.8 Å². The average Bonchev–Trinajstić information content (AvgIpc) is 3.41. The predicted molar refractivity (Wildman–Crippen MR) is 151 cm³/mol. The molecule has 2 heterocycles. The van der Waals surface area contributed by atoms with Crippen molar-refractivity contribution in [3.05, 3.63) is 72.7 Å². The number of hydrogen-bond donors (Lipinski definition) is 2. The van der Waals surface area contributed by atoms with Crippen LogP contribution < -0.4 is 10.1 Å². The molecule has 0 spiro atoms. The zero-order valence-electron chi connectivity index (χ0n) is 22.8. The summed E-state index contributed by atoms with van der Waals surface area (Å²) in [7, 11) is 1.63. The van der Waals surface area contributed by atoms with Crippen molar-refractivity contribution in [2.24, 2.45) is 0 Å². The Morgan fingerprint density at radius 1 is 1.13 bits per heavy atom. The Labute approximate surface area is 231 Å². The molecule has 1 aliphatic heterocycles. The molecule has 1 saturated heterocycles. The predicted octanol–water partition coefficient (Wildman–Crippen LogP) is 4.32. The van der Waals surface area contributed by atoms with Gasteiger partial charge >= 0.3 is 0 Å². The Morgan fingerprint density at radius 2 is 1.90 bits per heavy atom. The molecule has 0 bridgehead atoms. The largest absolute Gasteiger partial charge is 0.494 e. The number of nitrogens with one attached hydrogen (secondary N) is 1. The number of aliphatic hydroxyl groups is 1. The molecule has 1 aliphatic carbocycles. The number of carbonyl (C=O) groups excluding carboxylic acids is 1.